The molecule has 0 radical (unpaired) electrons. The molecule has 1 aliphatic carbocycles. The predicted molar refractivity (Wildman–Crippen MR) is 65.5 cm³/mol. The quantitative estimate of drug-likeness (QED) is 0.760. The Bertz CT molecular complexity index is 485. The highest BCUT2D eigenvalue weighted by molar-refractivity contribution is 7.80. The average molecular weight is 251 g/mol. The molecule has 0 spiro atoms. The van der Waals surface area contributed by atoms with E-state index in [-0.39, 0.29) is 17.6 Å². The Kier molecular flexibility index (Phi) is 2.62. The standard InChI is InChI=1S/C13H14FNOS/c14-12-6-10(17)5-9-3-4-15(7-11(9)12)13(16)8-1-2-8/h5-6,8,17H,1-4,7H2. The van der Waals surface area contributed by atoms with Gasteiger partial charge in [0.2, 0.25) is 5.91 Å². The van der Waals surface area contributed by atoms with E-state index in [0.29, 0.717) is 23.5 Å². The van der Waals surface area contributed by atoms with Crippen LogP contribution in [0.25, 0.3) is 0 Å². The highest BCUT2D eigenvalue weighted by atomic mass is 32.1. The Balaban J connectivity index is 1.87. The first-order valence-electron chi connectivity index (χ1n) is 5.94. The molecule has 0 saturated heterocycles. The van der Waals surface area contributed by atoms with E-state index in [1.54, 1.807) is 4.90 Å². The van der Waals surface area contributed by atoms with E-state index in [0.717, 1.165) is 24.8 Å². The van der Waals surface area contributed by atoms with Crippen LogP contribution in [0.2, 0.25) is 0 Å². The van der Waals surface area contributed by atoms with E-state index in [4.69, 9.17) is 0 Å². The molecule has 1 heterocycles. The summed E-state index contributed by atoms with van der Waals surface area (Å²) < 4.78 is 13.8. The van der Waals surface area contributed by atoms with Crippen molar-refractivity contribution >= 4 is 18.5 Å². The van der Waals surface area contributed by atoms with E-state index in [1.165, 1.54) is 6.07 Å². The zero-order chi connectivity index (χ0) is 12.0. The predicted octanol–water partition coefficient (Wildman–Crippen LogP) is 2.41. The third-order valence-corrected chi connectivity index (χ3v) is 3.77. The maximum Gasteiger partial charge on any atom is 0.225 e. The molecule has 1 aromatic carbocycles. The van der Waals surface area contributed by atoms with Crippen molar-refractivity contribution in [2.24, 2.45) is 5.92 Å². The maximum atomic E-state index is 13.8. The molecule has 0 atom stereocenters. The number of benzene rings is 1. The minimum Gasteiger partial charge on any atom is -0.338 e. The Morgan fingerprint density at radius 1 is 1.41 bits per heavy atom. The van der Waals surface area contributed by atoms with Gasteiger partial charge in [-0.3, -0.25) is 4.79 Å². The summed E-state index contributed by atoms with van der Waals surface area (Å²) in [6.07, 6.45) is 2.74. The summed E-state index contributed by atoms with van der Waals surface area (Å²) in [5.41, 5.74) is 1.66. The molecule has 90 valence electrons. The van der Waals surface area contributed by atoms with Crippen molar-refractivity contribution in [1.82, 2.24) is 4.90 Å². The second-order valence-electron chi connectivity index (χ2n) is 4.85. The van der Waals surface area contributed by atoms with E-state index in [2.05, 4.69) is 12.6 Å². The van der Waals surface area contributed by atoms with Crippen molar-refractivity contribution in [2.75, 3.05) is 6.54 Å². The molecule has 4 heteroatoms. The van der Waals surface area contributed by atoms with Gasteiger partial charge in [0.15, 0.2) is 0 Å². The van der Waals surface area contributed by atoms with Gasteiger partial charge in [0, 0.05) is 29.5 Å². The minimum absolute atomic E-state index is 0.199. The monoisotopic (exact) mass is 251 g/mol. The minimum atomic E-state index is -0.235. The van der Waals surface area contributed by atoms with Crippen molar-refractivity contribution in [3.05, 3.63) is 29.1 Å². The van der Waals surface area contributed by atoms with Gasteiger partial charge in [-0.05, 0) is 37.0 Å². The molecule has 1 fully saturated rings. The van der Waals surface area contributed by atoms with E-state index >= 15 is 0 Å². The molecule has 2 nitrogen and oxygen atoms in total. The summed E-state index contributed by atoms with van der Waals surface area (Å²) in [6.45, 7) is 1.13. The SMILES string of the molecule is O=C(C1CC1)N1CCc2cc(S)cc(F)c2C1. The Hall–Kier alpha value is -1.03. The summed E-state index contributed by atoms with van der Waals surface area (Å²) in [4.78, 5) is 14.4. The van der Waals surface area contributed by atoms with Crippen molar-refractivity contribution in [2.45, 2.75) is 30.7 Å². The fraction of sp³-hybridized carbons (Fsp3) is 0.462. The van der Waals surface area contributed by atoms with Crippen LogP contribution in [0.1, 0.15) is 24.0 Å². The number of rotatable bonds is 1. The van der Waals surface area contributed by atoms with Crippen LogP contribution in [0.4, 0.5) is 4.39 Å². The summed E-state index contributed by atoms with van der Waals surface area (Å²) in [7, 11) is 0. The molecule has 0 N–H and O–H groups in total. The third kappa shape index (κ3) is 2.06. The number of fused-ring (bicyclic) bond motifs is 1. The first-order valence-corrected chi connectivity index (χ1v) is 6.39. The summed E-state index contributed by atoms with van der Waals surface area (Å²) in [5.74, 6) is 0.176. The van der Waals surface area contributed by atoms with Crippen LogP contribution in [0.3, 0.4) is 0 Å². The van der Waals surface area contributed by atoms with Crippen LogP contribution in [0.5, 0.6) is 0 Å². The Morgan fingerprint density at radius 3 is 2.88 bits per heavy atom. The fourth-order valence-electron chi connectivity index (χ4n) is 2.38. The summed E-state index contributed by atoms with van der Waals surface area (Å²) in [6, 6.07) is 3.33. The number of halogens is 1. The molecule has 1 aromatic rings. The van der Waals surface area contributed by atoms with Crippen LogP contribution in [0.15, 0.2) is 17.0 Å². The lowest BCUT2D eigenvalue weighted by Gasteiger charge is -2.29. The molecule has 1 aliphatic heterocycles. The van der Waals surface area contributed by atoms with Gasteiger partial charge < -0.3 is 4.90 Å². The largest absolute Gasteiger partial charge is 0.338 e. The topological polar surface area (TPSA) is 20.3 Å². The number of hydrogen-bond donors (Lipinski definition) is 1. The number of carbonyl (C=O) groups excluding carboxylic acids is 1. The van der Waals surface area contributed by atoms with Crippen LogP contribution in [-0.2, 0) is 17.8 Å². The highest BCUT2D eigenvalue weighted by Gasteiger charge is 2.35. The van der Waals surface area contributed by atoms with Gasteiger partial charge in [-0.1, -0.05) is 0 Å². The van der Waals surface area contributed by atoms with Crippen LogP contribution in [0, 0.1) is 11.7 Å². The second kappa shape index (κ2) is 4.02. The maximum absolute atomic E-state index is 13.8. The molecular weight excluding hydrogens is 237 g/mol. The van der Waals surface area contributed by atoms with E-state index < -0.39 is 0 Å². The fourth-order valence-corrected chi connectivity index (χ4v) is 2.65. The number of thiol groups is 1. The smallest absolute Gasteiger partial charge is 0.225 e. The molecule has 1 amide bonds. The third-order valence-electron chi connectivity index (χ3n) is 3.51. The highest BCUT2D eigenvalue weighted by Crippen LogP contribution is 2.33. The number of carbonyl (C=O) groups is 1. The van der Waals surface area contributed by atoms with Crippen molar-refractivity contribution in [1.29, 1.82) is 0 Å². The van der Waals surface area contributed by atoms with Gasteiger partial charge in [0.1, 0.15) is 5.82 Å². The van der Waals surface area contributed by atoms with Crippen LogP contribution >= 0.6 is 12.6 Å². The first kappa shape index (κ1) is 11.1. The molecule has 0 unspecified atom stereocenters. The van der Waals surface area contributed by atoms with Crippen LogP contribution in [-0.4, -0.2) is 17.4 Å². The average Bonchev–Trinajstić information content (AvgIpc) is 3.11. The van der Waals surface area contributed by atoms with Gasteiger partial charge >= 0.3 is 0 Å². The van der Waals surface area contributed by atoms with Crippen molar-refractivity contribution in [3.63, 3.8) is 0 Å². The van der Waals surface area contributed by atoms with Gasteiger partial charge in [0.05, 0.1) is 0 Å². The normalized spacial score (nSPS) is 19.1. The second-order valence-corrected chi connectivity index (χ2v) is 5.37. The lowest BCUT2D eigenvalue weighted by atomic mass is 9.99. The number of nitrogens with zero attached hydrogens (tertiary/aromatic N) is 1. The zero-order valence-corrected chi connectivity index (χ0v) is 10.3. The molecular formula is C13H14FNOS. The summed E-state index contributed by atoms with van der Waals surface area (Å²) in [5, 5.41) is 0. The van der Waals surface area contributed by atoms with Gasteiger partial charge in [-0.15, -0.1) is 12.6 Å². The molecule has 0 bridgehead atoms. The van der Waals surface area contributed by atoms with Crippen molar-refractivity contribution in [3.8, 4) is 0 Å². The van der Waals surface area contributed by atoms with Gasteiger partial charge in [-0.25, -0.2) is 4.39 Å². The Labute approximate surface area is 105 Å². The number of hydrogen-bond acceptors (Lipinski definition) is 2. The van der Waals surface area contributed by atoms with Crippen LogP contribution < -0.4 is 0 Å². The molecule has 2 aliphatic rings. The Morgan fingerprint density at radius 2 is 2.18 bits per heavy atom. The van der Waals surface area contributed by atoms with E-state index in [1.807, 2.05) is 6.07 Å². The van der Waals surface area contributed by atoms with Crippen molar-refractivity contribution < 1.29 is 9.18 Å². The first-order chi connectivity index (χ1) is 8.15. The molecule has 17 heavy (non-hydrogen) atoms. The molecule has 3 rings (SSSR count). The number of amides is 1. The lowest BCUT2D eigenvalue weighted by Crippen LogP contribution is -2.37. The van der Waals surface area contributed by atoms with E-state index in [9.17, 15) is 9.18 Å². The zero-order valence-electron chi connectivity index (χ0n) is 9.45. The lowest BCUT2D eigenvalue weighted by molar-refractivity contribution is -0.133. The summed E-state index contributed by atoms with van der Waals surface area (Å²) >= 11 is 4.17. The van der Waals surface area contributed by atoms with Gasteiger partial charge in [-0.2, -0.15) is 0 Å². The van der Waals surface area contributed by atoms with Gasteiger partial charge in [0.25, 0.3) is 0 Å². The molecule has 1 saturated carbocycles. The molecule has 0 aromatic heterocycles.